The molecule has 0 aliphatic heterocycles. The molecule has 2 bridgehead atoms. The molecule has 3 fully saturated rings. The molecule has 2 heteroatoms. The number of fused-ring (bicyclic) bond motifs is 2. The minimum atomic E-state index is 0.510. The van der Waals surface area contributed by atoms with Crippen molar-refractivity contribution in [2.24, 2.45) is 16.7 Å². The van der Waals surface area contributed by atoms with Crippen LogP contribution < -0.4 is 5.32 Å². The van der Waals surface area contributed by atoms with Gasteiger partial charge in [-0.2, -0.15) is 11.8 Å². The van der Waals surface area contributed by atoms with Crippen LogP contribution in [0, 0.1) is 16.7 Å². The fourth-order valence-corrected chi connectivity index (χ4v) is 6.05. The van der Waals surface area contributed by atoms with E-state index in [2.05, 4.69) is 44.1 Å². The Morgan fingerprint density at radius 3 is 2.33 bits per heavy atom. The summed E-state index contributed by atoms with van der Waals surface area (Å²) in [6.45, 7) is 8.79. The van der Waals surface area contributed by atoms with Gasteiger partial charge in [0.2, 0.25) is 0 Å². The highest BCUT2D eigenvalue weighted by Crippen LogP contribution is 2.62. The zero-order chi connectivity index (χ0) is 13.0. The highest BCUT2D eigenvalue weighted by Gasteiger charge is 2.59. The zero-order valence-electron chi connectivity index (χ0n) is 12.5. The number of rotatable bonds is 4. The lowest BCUT2D eigenvalue weighted by atomic mass is 9.68. The Hall–Kier alpha value is 0.310. The van der Waals surface area contributed by atoms with E-state index in [1.54, 1.807) is 0 Å². The topological polar surface area (TPSA) is 12.0 Å². The van der Waals surface area contributed by atoms with Crippen molar-refractivity contribution in [2.45, 2.75) is 70.1 Å². The van der Waals surface area contributed by atoms with Crippen LogP contribution in [0.5, 0.6) is 0 Å². The Bertz CT molecular complexity index is 324. The molecule has 0 aromatic heterocycles. The van der Waals surface area contributed by atoms with Crippen molar-refractivity contribution in [2.75, 3.05) is 12.8 Å². The maximum Gasteiger partial charge on any atom is 0.0281 e. The fourth-order valence-electron chi connectivity index (χ4n) is 5.12. The number of hydrogen-bond donors (Lipinski definition) is 1. The predicted molar refractivity (Wildman–Crippen MR) is 81.1 cm³/mol. The van der Waals surface area contributed by atoms with E-state index in [1.807, 2.05) is 0 Å². The maximum absolute atomic E-state index is 4.02. The van der Waals surface area contributed by atoms with E-state index in [0.29, 0.717) is 15.6 Å². The molecular weight excluding hydrogens is 238 g/mol. The highest BCUT2D eigenvalue weighted by atomic mass is 32.2. The van der Waals surface area contributed by atoms with Crippen LogP contribution in [0.25, 0.3) is 0 Å². The number of hydrogen-bond acceptors (Lipinski definition) is 2. The third-order valence-corrected chi connectivity index (χ3v) is 8.01. The molecule has 1 N–H and O–H groups in total. The van der Waals surface area contributed by atoms with Gasteiger partial charge >= 0.3 is 0 Å². The average Bonchev–Trinajstić information content (AvgIpc) is 2.72. The first kappa shape index (κ1) is 13.3. The predicted octanol–water partition coefficient (Wildman–Crippen LogP) is 4.08. The van der Waals surface area contributed by atoms with Crippen LogP contribution in [0.1, 0.15) is 59.3 Å². The van der Waals surface area contributed by atoms with Crippen LogP contribution in [0.2, 0.25) is 0 Å². The number of nitrogens with one attached hydrogen (secondary N) is 1. The number of thioether (sulfide) groups is 1. The van der Waals surface area contributed by atoms with Gasteiger partial charge in [-0.05, 0) is 55.1 Å². The van der Waals surface area contributed by atoms with Crippen molar-refractivity contribution in [1.29, 1.82) is 0 Å². The summed E-state index contributed by atoms with van der Waals surface area (Å²) < 4.78 is 0.578. The van der Waals surface area contributed by atoms with Crippen molar-refractivity contribution >= 4 is 11.8 Å². The average molecular weight is 267 g/mol. The molecule has 0 amide bonds. The summed E-state index contributed by atoms with van der Waals surface area (Å²) in [5.74, 6) is 0.964. The first-order chi connectivity index (χ1) is 8.42. The van der Waals surface area contributed by atoms with Crippen LogP contribution in [0.4, 0.5) is 0 Å². The lowest BCUT2D eigenvalue weighted by molar-refractivity contribution is 0.103. The molecule has 0 spiro atoms. The Morgan fingerprint density at radius 1 is 1.17 bits per heavy atom. The first-order valence-corrected chi connectivity index (χ1v) is 8.93. The molecule has 0 aromatic carbocycles. The molecule has 104 valence electrons. The maximum atomic E-state index is 4.02. The summed E-state index contributed by atoms with van der Waals surface area (Å²) >= 11 is 2.10. The van der Waals surface area contributed by atoms with Gasteiger partial charge in [-0.3, -0.25) is 0 Å². The summed E-state index contributed by atoms with van der Waals surface area (Å²) in [4.78, 5) is 0. The second-order valence-electron chi connectivity index (χ2n) is 7.97. The Kier molecular flexibility index (Phi) is 3.07. The monoisotopic (exact) mass is 267 g/mol. The van der Waals surface area contributed by atoms with Gasteiger partial charge in [-0.25, -0.2) is 0 Å². The van der Waals surface area contributed by atoms with Crippen LogP contribution >= 0.6 is 11.8 Å². The Balaban J connectivity index is 1.69. The van der Waals surface area contributed by atoms with Gasteiger partial charge in [-0.15, -0.1) is 0 Å². The van der Waals surface area contributed by atoms with Crippen molar-refractivity contribution in [3.05, 3.63) is 0 Å². The first-order valence-electron chi connectivity index (χ1n) is 7.70. The van der Waals surface area contributed by atoms with Gasteiger partial charge < -0.3 is 5.32 Å². The minimum absolute atomic E-state index is 0.510. The summed E-state index contributed by atoms with van der Waals surface area (Å²) in [6.07, 6.45) is 11.0. The lowest BCUT2D eigenvalue weighted by Gasteiger charge is -2.47. The summed E-state index contributed by atoms with van der Waals surface area (Å²) in [5, 5.41) is 4.02. The smallest absolute Gasteiger partial charge is 0.0281 e. The standard InChI is InChI=1S/C16H29NS/c1-14(2)12-6-9-15(3,10-12)13(14)17-11-16(18-4)7-5-8-16/h12-13,17H,5-11H2,1-4H3/t12-,13?,15+/m0/s1. The van der Waals surface area contributed by atoms with E-state index >= 15 is 0 Å². The lowest BCUT2D eigenvalue weighted by Crippen LogP contribution is -2.55. The van der Waals surface area contributed by atoms with Gasteiger partial charge in [-0.1, -0.05) is 27.2 Å². The third-order valence-electron chi connectivity index (χ3n) is 6.60. The molecule has 3 aliphatic carbocycles. The molecule has 0 heterocycles. The van der Waals surface area contributed by atoms with Gasteiger partial charge in [0.05, 0.1) is 0 Å². The summed E-state index contributed by atoms with van der Waals surface area (Å²) in [5.41, 5.74) is 1.09. The van der Waals surface area contributed by atoms with E-state index in [4.69, 9.17) is 0 Å². The molecule has 0 saturated heterocycles. The SMILES string of the molecule is CSC1(CNC2C(C)(C)[C@H]3CC[C@]2(C)C3)CCC1. The second kappa shape index (κ2) is 4.15. The van der Waals surface area contributed by atoms with Crippen molar-refractivity contribution in [1.82, 2.24) is 5.32 Å². The molecule has 18 heavy (non-hydrogen) atoms. The van der Waals surface area contributed by atoms with Crippen LogP contribution in [-0.4, -0.2) is 23.6 Å². The van der Waals surface area contributed by atoms with E-state index in [1.165, 1.54) is 45.1 Å². The summed E-state index contributed by atoms with van der Waals surface area (Å²) in [6, 6.07) is 0.744. The molecule has 0 aromatic rings. The minimum Gasteiger partial charge on any atom is -0.312 e. The molecular formula is C16H29NS. The fraction of sp³-hybridized carbons (Fsp3) is 1.00. The molecule has 3 atom stereocenters. The normalized spacial score (nSPS) is 44.0. The Morgan fingerprint density at radius 2 is 1.89 bits per heavy atom. The molecule has 1 unspecified atom stereocenters. The van der Waals surface area contributed by atoms with Gasteiger partial charge in [0.25, 0.3) is 0 Å². The molecule has 3 aliphatic rings. The molecule has 1 nitrogen and oxygen atoms in total. The molecule has 3 saturated carbocycles. The third kappa shape index (κ3) is 1.78. The van der Waals surface area contributed by atoms with E-state index < -0.39 is 0 Å². The van der Waals surface area contributed by atoms with Gasteiger partial charge in [0.15, 0.2) is 0 Å². The van der Waals surface area contributed by atoms with Crippen LogP contribution in [0.3, 0.4) is 0 Å². The van der Waals surface area contributed by atoms with Crippen LogP contribution in [-0.2, 0) is 0 Å². The van der Waals surface area contributed by atoms with Crippen LogP contribution in [0.15, 0.2) is 0 Å². The molecule has 0 radical (unpaired) electrons. The second-order valence-corrected chi connectivity index (χ2v) is 9.24. The van der Waals surface area contributed by atoms with E-state index in [9.17, 15) is 0 Å². The molecule has 3 rings (SSSR count). The summed E-state index contributed by atoms with van der Waals surface area (Å²) in [7, 11) is 0. The Labute approximate surface area is 117 Å². The largest absolute Gasteiger partial charge is 0.312 e. The zero-order valence-corrected chi connectivity index (χ0v) is 13.3. The van der Waals surface area contributed by atoms with Crippen molar-refractivity contribution in [3.8, 4) is 0 Å². The van der Waals surface area contributed by atoms with Crippen molar-refractivity contribution < 1.29 is 0 Å². The van der Waals surface area contributed by atoms with Gasteiger partial charge in [0.1, 0.15) is 0 Å². The quantitative estimate of drug-likeness (QED) is 0.824. The highest BCUT2D eigenvalue weighted by molar-refractivity contribution is 8.00. The van der Waals surface area contributed by atoms with E-state index in [-0.39, 0.29) is 0 Å². The van der Waals surface area contributed by atoms with Crippen molar-refractivity contribution in [3.63, 3.8) is 0 Å². The van der Waals surface area contributed by atoms with E-state index in [0.717, 1.165) is 12.0 Å². The van der Waals surface area contributed by atoms with Gasteiger partial charge in [0, 0.05) is 17.3 Å².